The Morgan fingerprint density at radius 3 is 2.70 bits per heavy atom. The number of fused-ring (bicyclic) bond motifs is 2. The van der Waals surface area contributed by atoms with E-state index in [1.54, 1.807) is 21.6 Å². The normalized spacial score (nSPS) is 19.4. The van der Waals surface area contributed by atoms with Gasteiger partial charge in [0.05, 0.1) is 18.3 Å². The second kappa shape index (κ2) is 11.0. The second-order valence-electron chi connectivity index (χ2n) is 9.99. The fourth-order valence-electron chi connectivity index (χ4n) is 5.05. The summed E-state index contributed by atoms with van der Waals surface area (Å²) in [7, 11) is 0. The molecule has 0 saturated carbocycles. The van der Waals surface area contributed by atoms with Gasteiger partial charge >= 0.3 is 0 Å². The van der Waals surface area contributed by atoms with Gasteiger partial charge in [-0.15, -0.1) is 13.2 Å². The number of pyridine rings is 1. The van der Waals surface area contributed by atoms with Crippen LogP contribution in [0, 0.1) is 5.92 Å². The van der Waals surface area contributed by atoms with Crippen LogP contribution in [0.25, 0.3) is 16.9 Å². The number of nitrogens with one attached hydrogen (secondary N) is 2. The second-order valence-corrected chi connectivity index (χ2v) is 9.99. The molecule has 1 unspecified atom stereocenters. The zero-order valence-electron chi connectivity index (χ0n) is 22.4. The molecule has 37 heavy (non-hydrogen) atoms. The van der Waals surface area contributed by atoms with Crippen LogP contribution in [0.1, 0.15) is 58.2 Å². The number of hydrogen-bond acceptors (Lipinski definition) is 7. The van der Waals surface area contributed by atoms with Crippen LogP contribution >= 0.6 is 0 Å². The van der Waals surface area contributed by atoms with E-state index in [1.165, 1.54) is 0 Å². The lowest BCUT2D eigenvalue weighted by Crippen LogP contribution is -2.41. The Bertz CT molecular complexity index is 1340. The van der Waals surface area contributed by atoms with Gasteiger partial charge in [0.15, 0.2) is 11.5 Å². The molecular formula is C28H39N7O2. The highest BCUT2D eigenvalue weighted by Crippen LogP contribution is 2.38. The lowest BCUT2D eigenvalue weighted by atomic mass is 9.94. The molecule has 3 heterocycles. The Labute approximate surface area is 218 Å². The predicted molar refractivity (Wildman–Crippen MR) is 148 cm³/mol. The van der Waals surface area contributed by atoms with E-state index in [0.29, 0.717) is 41.3 Å². The van der Waals surface area contributed by atoms with E-state index in [1.807, 2.05) is 25.1 Å². The summed E-state index contributed by atoms with van der Waals surface area (Å²) in [4.78, 5) is 27.4. The Kier molecular flexibility index (Phi) is 7.94. The van der Waals surface area contributed by atoms with Crippen molar-refractivity contribution in [2.75, 3.05) is 11.9 Å². The third kappa shape index (κ3) is 4.98. The van der Waals surface area contributed by atoms with Gasteiger partial charge in [0.1, 0.15) is 11.0 Å². The highest BCUT2D eigenvalue weighted by molar-refractivity contribution is 5.76. The summed E-state index contributed by atoms with van der Waals surface area (Å²) in [6.07, 6.45) is 8.15. The van der Waals surface area contributed by atoms with E-state index in [0.717, 1.165) is 24.9 Å². The first kappa shape index (κ1) is 26.8. The van der Waals surface area contributed by atoms with Crippen LogP contribution in [0.5, 0.6) is 0 Å². The van der Waals surface area contributed by atoms with E-state index < -0.39 is 5.60 Å². The number of aliphatic hydroxyl groups is 1. The number of aromatic nitrogens is 5. The summed E-state index contributed by atoms with van der Waals surface area (Å²) in [5.74, 6) is 1.15. The van der Waals surface area contributed by atoms with E-state index in [4.69, 9.17) is 9.97 Å². The van der Waals surface area contributed by atoms with Gasteiger partial charge in [-0.1, -0.05) is 39.0 Å². The van der Waals surface area contributed by atoms with Gasteiger partial charge in [0, 0.05) is 12.2 Å². The Morgan fingerprint density at radius 1 is 1.24 bits per heavy atom. The molecule has 3 aromatic rings. The summed E-state index contributed by atoms with van der Waals surface area (Å²) in [5, 5.41) is 18.4. The smallest absolute Gasteiger partial charge is 0.278 e. The predicted octanol–water partition coefficient (Wildman–Crippen LogP) is 3.70. The Hall–Kier alpha value is -3.30. The minimum absolute atomic E-state index is 0.0788. The first-order chi connectivity index (χ1) is 17.8. The first-order valence-corrected chi connectivity index (χ1v) is 13.2. The fourth-order valence-corrected chi connectivity index (χ4v) is 5.05. The highest BCUT2D eigenvalue weighted by atomic mass is 16.3. The zero-order valence-corrected chi connectivity index (χ0v) is 22.4. The summed E-state index contributed by atoms with van der Waals surface area (Å²) >= 11 is 0. The Balaban J connectivity index is 1.78. The fraction of sp³-hybridized carbons (Fsp3) is 0.500. The van der Waals surface area contributed by atoms with Crippen molar-refractivity contribution in [3.8, 4) is 5.82 Å². The SMILES string of the molecule is C=CCn1c(=O)c2cnc(NC(C=C)[C@H](C)[C@H](C)NCCC)nc2n1-c1ccc2c(n1)[C@@](O)(CC)CC2. The van der Waals surface area contributed by atoms with Crippen LogP contribution in [0.15, 0.2) is 48.4 Å². The minimum atomic E-state index is -0.963. The molecule has 4 rings (SSSR count). The molecule has 3 aromatic heterocycles. The summed E-state index contributed by atoms with van der Waals surface area (Å²) in [6.45, 7) is 17.5. The van der Waals surface area contributed by atoms with Crippen LogP contribution in [-0.2, 0) is 18.6 Å². The average Bonchev–Trinajstić information content (AvgIpc) is 3.39. The summed E-state index contributed by atoms with van der Waals surface area (Å²) < 4.78 is 3.26. The minimum Gasteiger partial charge on any atom is -0.384 e. The van der Waals surface area contributed by atoms with Crippen molar-refractivity contribution in [1.82, 2.24) is 29.6 Å². The lowest BCUT2D eigenvalue weighted by Gasteiger charge is -2.28. The number of hydrogen-bond donors (Lipinski definition) is 3. The molecule has 0 spiro atoms. The van der Waals surface area contributed by atoms with Gasteiger partial charge in [-0.25, -0.2) is 19.3 Å². The van der Waals surface area contributed by atoms with Gasteiger partial charge in [-0.3, -0.25) is 4.79 Å². The van der Waals surface area contributed by atoms with Crippen LogP contribution < -0.4 is 16.2 Å². The molecule has 0 saturated heterocycles. The molecule has 4 atom stereocenters. The number of nitrogens with zero attached hydrogens (tertiary/aromatic N) is 5. The van der Waals surface area contributed by atoms with Crippen LogP contribution in [0.4, 0.5) is 5.95 Å². The van der Waals surface area contributed by atoms with Crippen molar-refractivity contribution >= 4 is 17.0 Å². The first-order valence-electron chi connectivity index (χ1n) is 13.2. The third-order valence-corrected chi connectivity index (χ3v) is 7.61. The van der Waals surface area contributed by atoms with E-state index >= 15 is 0 Å². The number of allylic oxidation sites excluding steroid dienone is 1. The van der Waals surface area contributed by atoms with Crippen molar-refractivity contribution in [2.24, 2.45) is 5.92 Å². The molecule has 0 bridgehead atoms. The quantitative estimate of drug-likeness (QED) is 0.322. The number of aryl methyl sites for hydroxylation is 1. The molecule has 0 aromatic carbocycles. The van der Waals surface area contributed by atoms with Crippen molar-refractivity contribution in [3.63, 3.8) is 0 Å². The topological polar surface area (TPSA) is 110 Å². The molecule has 9 heteroatoms. The summed E-state index contributed by atoms with van der Waals surface area (Å²) in [6, 6.07) is 4.05. The molecule has 0 amide bonds. The molecule has 0 aliphatic heterocycles. The van der Waals surface area contributed by atoms with E-state index in [-0.39, 0.29) is 30.1 Å². The van der Waals surface area contributed by atoms with Crippen molar-refractivity contribution in [1.29, 1.82) is 0 Å². The molecule has 198 valence electrons. The number of anilines is 1. The van der Waals surface area contributed by atoms with Gasteiger partial charge in [-0.05, 0) is 56.7 Å². The maximum absolute atomic E-state index is 13.3. The van der Waals surface area contributed by atoms with E-state index in [9.17, 15) is 9.90 Å². The molecule has 0 fully saturated rings. The van der Waals surface area contributed by atoms with Crippen molar-refractivity contribution in [3.05, 3.63) is 65.3 Å². The van der Waals surface area contributed by atoms with Crippen LogP contribution in [0.2, 0.25) is 0 Å². The standard InChI is InChI=1S/C28H39N7O2/c1-7-15-29-19(6)18(5)22(9-3)31-27-30-17-21-25(33-27)35(34(16-8-2)26(21)36)23-12-11-20-13-14-28(37,10-4)24(20)32-23/h8-9,11-12,17-19,22,29,37H,2-3,7,10,13-16H2,1,4-6H3,(H,30,31,33)/t18-,19+,22?,28-/m1/s1. The monoisotopic (exact) mass is 505 g/mol. The van der Waals surface area contributed by atoms with Crippen molar-refractivity contribution in [2.45, 2.75) is 77.6 Å². The van der Waals surface area contributed by atoms with Gasteiger partial charge in [0.2, 0.25) is 5.95 Å². The summed E-state index contributed by atoms with van der Waals surface area (Å²) in [5.41, 5.74) is 0.972. The van der Waals surface area contributed by atoms with Gasteiger partial charge in [-0.2, -0.15) is 4.98 Å². The van der Waals surface area contributed by atoms with Crippen LogP contribution in [-0.4, -0.2) is 48.1 Å². The number of rotatable bonds is 12. The van der Waals surface area contributed by atoms with Gasteiger partial charge < -0.3 is 15.7 Å². The van der Waals surface area contributed by atoms with Crippen LogP contribution in [0.3, 0.4) is 0 Å². The largest absolute Gasteiger partial charge is 0.384 e. The van der Waals surface area contributed by atoms with E-state index in [2.05, 4.69) is 49.5 Å². The van der Waals surface area contributed by atoms with Gasteiger partial charge in [0.25, 0.3) is 5.56 Å². The molecule has 9 nitrogen and oxygen atoms in total. The maximum Gasteiger partial charge on any atom is 0.278 e. The third-order valence-electron chi connectivity index (χ3n) is 7.61. The average molecular weight is 506 g/mol. The zero-order chi connectivity index (χ0) is 26.7. The molecule has 1 aliphatic carbocycles. The highest BCUT2D eigenvalue weighted by Gasteiger charge is 2.37. The molecule has 1 aliphatic rings. The molecular weight excluding hydrogens is 466 g/mol. The van der Waals surface area contributed by atoms with Crippen molar-refractivity contribution < 1.29 is 5.11 Å². The molecule has 3 N–H and O–H groups in total. The maximum atomic E-state index is 13.3. The molecule has 0 radical (unpaired) electrons. The lowest BCUT2D eigenvalue weighted by molar-refractivity contribution is 0.0306. The Morgan fingerprint density at radius 2 is 2.03 bits per heavy atom.